The Kier molecular flexibility index (Phi) is 2.07. The molecule has 0 bridgehead atoms. The Morgan fingerprint density at radius 1 is 1.62 bits per heavy atom. The lowest BCUT2D eigenvalue weighted by Gasteiger charge is -2.01. The second-order valence-electron chi connectivity index (χ2n) is 2.60. The molecular formula is C7H8N4OS. The molecule has 2 aromatic rings. The van der Waals surface area contributed by atoms with Crippen molar-refractivity contribution in [2.24, 2.45) is 7.05 Å². The number of aromatic nitrogens is 4. The van der Waals surface area contributed by atoms with Gasteiger partial charge in [0, 0.05) is 0 Å². The second kappa shape index (κ2) is 3.23. The number of nitrogens with zero attached hydrogens (tertiary/aromatic N) is 4. The van der Waals surface area contributed by atoms with Gasteiger partial charge in [0.1, 0.15) is 6.10 Å². The van der Waals surface area contributed by atoms with Crippen LogP contribution in [0.3, 0.4) is 0 Å². The Morgan fingerprint density at radius 3 is 3.00 bits per heavy atom. The molecule has 0 spiro atoms. The van der Waals surface area contributed by atoms with Gasteiger partial charge in [-0.1, -0.05) is 0 Å². The van der Waals surface area contributed by atoms with Crippen molar-refractivity contribution in [2.75, 3.05) is 0 Å². The summed E-state index contributed by atoms with van der Waals surface area (Å²) in [4.78, 5) is 1.32. The van der Waals surface area contributed by atoms with E-state index in [1.807, 2.05) is 16.8 Å². The first-order valence-corrected chi connectivity index (χ1v) is 4.65. The topological polar surface area (TPSA) is 63.8 Å². The fourth-order valence-electron chi connectivity index (χ4n) is 0.988. The van der Waals surface area contributed by atoms with Gasteiger partial charge in [-0.3, -0.25) is 0 Å². The maximum Gasteiger partial charge on any atom is 0.207 e. The van der Waals surface area contributed by atoms with Crippen molar-refractivity contribution in [2.45, 2.75) is 6.10 Å². The lowest BCUT2D eigenvalue weighted by Crippen LogP contribution is -2.01. The van der Waals surface area contributed by atoms with Crippen molar-refractivity contribution in [1.29, 1.82) is 0 Å². The van der Waals surface area contributed by atoms with Crippen LogP contribution in [-0.2, 0) is 7.05 Å². The molecule has 1 N–H and O–H groups in total. The number of rotatable bonds is 2. The van der Waals surface area contributed by atoms with E-state index in [1.165, 1.54) is 16.1 Å². The van der Waals surface area contributed by atoms with Gasteiger partial charge in [0.2, 0.25) is 5.82 Å². The molecule has 2 aromatic heterocycles. The summed E-state index contributed by atoms with van der Waals surface area (Å²) >= 11 is 1.53. The van der Waals surface area contributed by atoms with E-state index in [0.717, 1.165) is 5.56 Å². The quantitative estimate of drug-likeness (QED) is 0.753. The van der Waals surface area contributed by atoms with Crippen LogP contribution in [0, 0.1) is 0 Å². The Morgan fingerprint density at radius 2 is 2.46 bits per heavy atom. The lowest BCUT2D eigenvalue weighted by atomic mass is 10.2. The van der Waals surface area contributed by atoms with E-state index in [9.17, 15) is 5.11 Å². The van der Waals surface area contributed by atoms with Gasteiger partial charge in [0.15, 0.2) is 0 Å². The average molecular weight is 196 g/mol. The summed E-state index contributed by atoms with van der Waals surface area (Å²) in [6.07, 6.45) is -0.764. The van der Waals surface area contributed by atoms with E-state index in [0.29, 0.717) is 5.82 Å². The largest absolute Gasteiger partial charge is 0.380 e. The first-order chi connectivity index (χ1) is 6.27. The number of aliphatic hydroxyl groups is 1. The molecule has 2 rings (SSSR count). The molecule has 0 aliphatic carbocycles. The molecule has 13 heavy (non-hydrogen) atoms. The highest BCUT2D eigenvalue weighted by atomic mass is 32.1. The Hall–Kier alpha value is -1.27. The molecule has 0 aliphatic heterocycles. The molecule has 0 saturated carbocycles. The van der Waals surface area contributed by atoms with Crippen molar-refractivity contribution in [3.05, 3.63) is 28.2 Å². The van der Waals surface area contributed by atoms with Gasteiger partial charge in [-0.2, -0.15) is 16.1 Å². The van der Waals surface area contributed by atoms with E-state index >= 15 is 0 Å². The highest BCUT2D eigenvalue weighted by molar-refractivity contribution is 7.07. The summed E-state index contributed by atoms with van der Waals surface area (Å²) in [6, 6.07) is 1.84. The summed E-state index contributed by atoms with van der Waals surface area (Å²) in [5.41, 5.74) is 0.804. The van der Waals surface area contributed by atoms with Crippen LogP contribution in [0.1, 0.15) is 17.5 Å². The lowest BCUT2D eigenvalue weighted by molar-refractivity contribution is 0.210. The van der Waals surface area contributed by atoms with E-state index in [1.54, 1.807) is 7.05 Å². The summed E-state index contributed by atoms with van der Waals surface area (Å²) in [5, 5.41) is 24.8. The number of aliphatic hydroxyl groups excluding tert-OH is 1. The Labute approximate surface area is 78.6 Å². The van der Waals surface area contributed by atoms with Gasteiger partial charge >= 0.3 is 0 Å². The molecule has 0 amide bonds. The normalized spacial score (nSPS) is 13.1. The number of tetrazole rings is 1. The summed E-state index contributed by atoms with van der Waals surface area (Å²) in [6.45, 7) is 0. The van der Waals surface area contributed by atoms with Crippen LogP contribution in [-0.4, -0.2) is 25.3 Å². The molecule has 5 nitrogen and oxygen atoms in total. The van der Waals surface area contributed by atoms with Gasteiger partial charge in [0.05, 0.1) is 7.05 Å². The number of hydrogen-bond donors (Lipinski definition) is 1. The summed E-state index contributed by atoms with van der Waals surface area (Å²) in [5.74, 6) is 0.334. The average Bonchev–Trinajstić information content (AvgIpc) is 2.72. The molecule has 68 valence electrons. The van der Waals surface area contributed by atoms with Gasteiger partial charge in [-0.15, -0.1) is 10.2 Å². The van der Waals surface area contributed by atoms with Gasteiger partial charge in [0.25, 0.3) is 0 Å². The van der Waals surface area contributed by atoms with Crippen LogP contribution < -0.4 is 0 Å². The predicted octanol–water partition coefficient (Wildman–Crippen LogP) is 0.353. The monoisotopic (exact) mass is 196 g/mol. The molecule has 0 fully saturated rings. The molecule has 0 aromatic carbocycles. The van der Waals surface area contributed by atoms with Crippen molar-refractivity contribution < 1.29 is 5.11 Å². The zero-order chi connectivity index (χ0) is 9.26. The fourth-order valence-corrected chi connectivity index (χ4v) is 1.67. The third-order valence-electron chi connectivity index (χ3n) is 1.63. The molecule has 2 heterocycles. The highest BCUT2D eigenvalue weighted by Gasteiger charge is 2.15. The van der Waals surface area contributed by atoms with Crippen LogP contribution in [0.25, 0.3) is 0 Å². The standard InChI is InChI=1S/C7H8N4OS/c1-11-9-7(8-10-11)6(12)5-2-3-13-4-5/h2-4,6,12H,1H3. The molecule has 0 aliphatic rings. The second-order valence-corrected chi connectivity index (χ2v) is 3.38. The van der Waals surface area contributed by atoms with Crippen molar-refractivity contribution in [3.8, 4) is 0 Å². The van der Waals surface area contributed by atoms with E-state index in [-0.39, 0.29) is 0 Å². The smallest absolute Gasteiger partial charge is 0.207 e. The third-order valence-corrected chi connectivity index (χ3v) is 2.33. The van der Waals surface area contributed by atoms with E-state index < -0.39 is 6.10 Å². The Balaban J connectivity index is 2.28. The van der Waals surface area contributed by atoms with Crippen molar-refractivity contribution in [3.63, 3.8) is 0 Å². The van der Waals surface area contributed by atoms with Crippen LogP contribution in [0.2, 0.25) is 0 Å². The first kappa shape index (κ1) is 8.33. The molecule has 0 radical (unpaired) electrons. The Bertz CT molecular complexity index is 383. The maximum absolute atomic E-state index is 9.72. The van der Waals surface area contributed by atoms with Crippen LogP contribution in [0.4, 0.5) is 0 Å². The van der Waals surface area contributed by atoms with Crippen LogP contribution in [0.15, 0.2) is 16.8 Å². The minimum atomic E-state index is -0.764. The van der Waals surface area contributed by atoms with Crippen molar-refractivity contribution in [1.82, 2.24) is 20.2 Å². The highest BCUT2D eigenvalue weighted by Crippen LogP contribution is 2.19. The first-order valence-electron chi connectivity index (χ1n) is 3.71. The molecule has 6 heteroatoms. The maximum atomic E-state index is 9.72. The number of thiophene rings is 1. The third kappa shape index (κ3) is 1.58. The zero-order valence-corrected chi connectivity index (χ0v) is 7.77. The van der Waals surface area contributed by atoms with E-state index in [2.05, 4.69) is 15.4 Å². The number of hydrogen-bond acceptors (Lipinski definition) is 5. The predicted molar refractivity (Wildman–Crippen MR) is 47.2 cm³/mol. The van der Waals surface area contributed by atoms with Crippen LogP contribution in [0.5, 0.6) is 0 Å². The van der Waals surface area contributed by atoms with Crippen molar-refractivity contribution >= 4 is 11.3 Å². The van der Waals surface area contributed by atoms with Gasteiger partial charge in [-0.05, 0) is 27.6 Å². The molecule has 0 saturated heterocycles. The van der Waals surface area contributed by atoms with E-state index in [4.69, 9.17) is 0 Å². The fraction of sp³-hybridized carbons (Fsp3) is 0.286. The van der Waals surface area contributed by atoms with Crippen LogP contribution >= 0.6 is 11.3 Å². The molecular weight excluding hydrogens is 188 g/mol. The SMILES string of the molecule is Cn1nnc(C(O)c2ccsc2)n1. The van der Waals surface area contributed by atoms with Gasteiger partial charge in [-0.25, -0.2) is 0 Å². The summed E-state index contributed by atoms with van der Waals surface area (Å²) < 4.78 is 0. The summed E-state index contributed by atoms with van der Waals surface area (Å²) in [7, 11) is 1.66. The minimum Gasteiger partial charge on any atom is -0.380 e. The number of aryl methyl sites for hydroxylation is 1. The zero-order valence-electron chi connectivity index (χ0n) is 6.95. The molecule has 1 unspecified atom stereocenters. The minimum absolute atomic E-state index is 0.334. The molecule has 1 atom stereocenters. The van der Waals surface area contributed by atoms with Gasteiger partial charge < -0.3 is 5.11 Å².